The summed E-state index contributed by atoms with van der Waals surface area (Å²) in [4.78, 5) is 36.3. The van der Waals surface area contributed by atoms with E-state index in [1.807, 2.05) is 0 Å². The predicted octanol–water partition coefficient (Wildman–Crippen LogP) is 1.61. The molecule has 1 saturated heterocycles. The molecule has 2 N–H and O–H groups in total. The fourth-order valence-corrected chi connectivity index (χ4v) is 2.55. The van der Waals surface area contributed by atoms with Crippen LogP contribution in [-0.4, -0.2) is 48.4 Å². The molecule has 1 unspecified atom stereocenters. The lowest BCUT2D eigenvalue weighted by Crippen LogP contribution is -2.41. The van der Waals surface area contributed by atoms with Crippen molar-refractivity contribution in [2.75, 3.05) is 30.3 Å². The van der Waals surface area contributed by atoms with Crippen LogP contribution in [0, 0.1) is 0 Å². The van der Waals surface area contributed by atoms with Gasteiger partial charge in [0.25, 0.3) is 0 Å². The third-order valence-electron chi connectivity index (χ3n) is 3.72. The molecule has 0 bridgehead atoms. The third kappa shape index (κ3) is 5.66. The normalized spacial score (nSPS) is 16.5. The van der Waals surface area contributed by atoms with E-state index in [0.717, 1.165) is 12.8 Å². The fourth-order valence-electron chi connectivity index (χ4n) is 2.55. The molecule has 1 atom stereocenters. The van der Waals surface area contributed by atoms with Crippen LogP contribution in [0.5, 0.6) is 0 Å². The zero-order valence-electron chi connectivity index (χ0n) is 14.0. The summed E-state index contributed by atoms with van der Waals surface area (Å²) in [6.07, 6.45) is 1.91. The van der Waals surface area contributed by atoms with Gasteiger partial charge in [-0.1, -0.05) is 0 Å². The Morgan fingerprint density at radius 2 is 1.75 bits per heavy atom. The van der Waals surface area contributed by atoms with Crippen molar-refractivity contribution in [2.45, 2.75) is 32.8 Å². The highest BCUT2D eigenvalue weighted by Gasteiger charge is 2.22. The van der Waals surface area contributed by atoms with E-state index in [4.69, 9.17) is 4.74 Å². The summed E-state index contributed by atoms with van der Waals surface area (Å²) in [6.45, 7) is 4.01. The van der Waals surface area contributed by atoms with Crippen LogP contribution in [0.2, 0.25) is 0 Å². The average Bonchev–Trinajstić information content (AvgIpc) is 3.01. The van der Waals surface area contributed by atoms with Crippen molar-refractivity contribution < 1.29 is 19.1 Å². The second kappa shape index (κ2) is 8.44. The number of nitrogens with zero attached hydrogens (tertiary/aromatic N) is 1. The van der Waals surface area contributed by atoms with E-state index in [1.165, 1.54) is 18.7 Å². The Balaban J connectivity index is 1.87. The summed E-state index contributed by atoms with van der Waals surface area (Å²) in [5.74, 6) is -0.574. The molecule has 0 saturated carbocycles. The molecular formula is C17H23N3O4. The number of anilines is 2. The molecule has 1 fully saturated rings. The van der Waals surface area contributed by atoms with Crippen LogP contribution in [0.25, 0.3) is 0 Å². The summed E-state index contributed by atoms with van der Waals surface area (Å²) < 4.78 is 5.52. The summed E-state index contributed by atoms with van der Waals surface area (Å²) in [6, 6.07) is 6.79. The van der Waals surface area contributed by atoms with Gasteiger partial charge in [0.15, 0.2) is 0 Å². The maximum absolute atomic E-state index is 12.1. The predicted molar refractivity (Wildman–Crippen MR) is 90.6 cm³/mol. The SMILES string of the molecule is CC(=O)Nc1ccc(NC(=O)CN(CC2CCCO2)C(C)=O)cc1. The summed E-state index contributed by atoms with van der Waals surface area (Å²) in [5, 5.41) is 5.40. The van der Waals surface area contributed by atoms with Crippen LogP contribution in [0.15, 0.2) is 24.3 Å². The standard InChI is InChI=1S/C17H23N3O4/c1-12(21)18-14-5-7-15(8-6-14)19-17(23)11-20(13(2)22)10-16-4-3-9-24-16/h5-8,16H,3-4,9-11H2,1-2H3,(H,18,21)(H,19,23). The van der Waals surface area contributed by atoms with Crippen molar-refractivity contribution in [1.82, 2.24) is 4.90 Å². The average molecular weight is 333 g/mol. The molecule has 7 nitrogen and oxygen atoms in total. The Labute approximate surface area is 141 Å². The number of hydrogen-bond acceptors (Lipinski definition) is 4. The minimum atomic E-state index is -0.268. The molecule has 3 amide bonds. The van der Waals surface area contributed by atoms with Crippen molar-refractivity contribution in [3.05, 3.63) is 24.3 Å². The zero-order chi connectivity index (χ0) is 17.5. The number of amides is 3. The second-order valence-electron chi connectivity index (χ2n) is 5.84. The number of benzene rings is 1. The minimum absolute atomic E-state index is 0.0113. The van der Waals surface area contributed by atoms with E-state index in [2.05, 4.69) is 10.6 Å². The molecule has 2 rings (SSSR count). The summed E-state index contributed by atoms with van der Waals surface area (Å²) in [7, 11) is 0. The van der Waals surface area contributed by atoms with Gasteiger partial charge in [-0.3, -0.25) is 14.4 Å². The van der Waals surface area contributed by atoms with Gasteiger partial charge in [-0.25, -0.2) is 0 Å². The van der Waals surface area contributed by atoms with Crippen LogP contribution in [-0.2, 0) is 19.1 Å². The van der Waals surface area contributed by atoms with Gasteiger partial charge in [-0.15, -0.1) is 0 Å². The quantitative estimate of drug-likeness (QED) is 0.828. The number of carbonyl (C=O) groups is 3. The highest BCUT2D eigenvalue weighted by Crippen LogP contribution is 2.15. The molecular weight excluding hydrogens is 310 g/mol. The van der Waals surface area contributed by atoms with Gasteiger partial charge in [0, 0.05) is 38.4 Å². The first-order valence-electron chi connectivity index (χ1n) is 7.98. The molecule has 130 valence electrons. The van der Waals surface area contributed by atoms with Crippen molar-refractivity contribution in [2.24, 2.45) is 0 Å². The molecule has 1 aliphatic heterocycles. The monoisotopic (exact) mass is 333 g/mol. The maximum atomic E-state index is 12.1. The summed E-state index contributed by atoms with van der Waals surface area (Å²) >= 11 is 0. The Hall–Kier alpha value is -2.41. The number of carbonyl (C=O) groups excluding carboxylic acids is 3. The smallest absolute Gasteiger partial charge is 0.243 e. The first-order valence-corrected chi connectivity index (χ1v) is 7.98. The van der Waals surface area contributed by atoms with E-state index in [0.29, 0.717) is 24.5 Å². The van der Waals surface area contributed by atoms with Crippen molar-refractivity contribution in [1.29, 1.82) is 0 Å². The Morgan fingerprint density at radius 1 is 1.12 bits per heavy atom. The highest BCUT2D eigenvalue weighted by molar-refractivity contribution is 5.95. The maximum Gasteiger partial charge on any atom is 0.243 e. The lowest BCUT2D eigenvalue weighted by atomic mass is 10.2. The Bertz CT molecular complexity index is 594. The molecule has 1 heterocycles. The van der Waals surface area contributed by atoms with Crippen LogP contribution < -0.4 is 10.6 Å². The molecule has 24 heavy (non-hydrogen) atoms. The zero-order valence-corrected chi connectivity index (χ0v) is 14.0. The van der Waals surface area contributed by atoms with Crippen LogP contribution in [0.1, 0.15) is 26.7 Å². The van der Waals surface area contributed by atoms with E-state index in [9.17, 15) is 14.4 Å². The number of hydrogen-bond donors (Lipinski definition) is 2. The van der Waals surface area contributed by atoms with Crippen LogP contribution in [0.3, 0.4) is 0 Å². The molecule has 7 heteroatoms. The topological polar surface area (TPSA) is 87.7 Å². The first-order chi connectivity index (χ1) is 11.4. The lowest BCUT2D eigenvalue weighted by molar-refractivity contribution is -0.134. The molecule has 1 aromatic rings. The first kappa shape index (κ1) is 17.9. The second-order valence-corrected chi connectivity index (χ2v) is 5.84. The molecule has 0 spiro atoms. The van der Waals surface area contributed by atoms with Gasteiger partial charge in [0.05, 0.1) is 12.6 Å². The lowest BCUT2D eigenvalue weighted by Gasteiger charge is -2.23. The van der Waals surface area contributed by atoms with Gasteiger partial charge in [0.2, 0.25) is 17.7 Å². The van der Waals surface area contributed by atoms with Crippen LogP contribution in [0.4, 0.5) is 11.4 Å². The van der Waals surface area contributed by atoms with E-state index >= 15 is 0 Å². The summed E-state index contributed by atoms with van der Waals surface area (Å²) in [5.41, 5.74) is 1.26. The van der Waals surface area contributed by atoms with Crippen molar-refractivity contribution in [3.63, 3.8) is 0 Å². The third-order valence-corrected chi connectivity index (χ3v) is 3.72. The van der Waals surface area contributed by atoms with Gasteiger partial charge in [-0.2, -0.15) is 0 Å². The van der Waals surface area contributed by atoms with Crippen molar-refractivity contribution in [3.8, 4) is 0 Å². The molecule has 0 aromatic heterocycles. The molecule has 1 aromatic carbocycles. The van der Waals surface area contributed by atoms with Crippen LogP contribution >= 0.6 is 0 Å². The van der Waals surface area contributed by atoms with Gasteiger partial charge in [-0.05, 0) is 37.1 Å². The Kier molecular flexibility index (Phi) is 6.31. The van der Waals surface area contributed by atoms with E-state index in [1.54, 1.807) is 24.3 Å². The van der Waals surface area contributed by atoms with E-state index in [-0.39, 0.29) is 30.4 Å². The fraction of sp³-hybridized carbons (Fsp3) is 0.471. The van der Waals surface area contributed by atoms with Crippen molar-refractivity contribution >= 4 is 29.1 Å². The number of rotatable bonds is 6. The minimum Gasteiger partial charge on any atom is -0.376 e. The number of ether oxygens (including phenoxy) is 1. The van der Waals surface area contributed by atoms with E-state index < -0.39 is 0 Å². The van der Waals surface area contributed by atoms with Gasteiger partial charge >= 0.3 is 0 Å². The molecule has 0 aliphatic carbocycles. The number of nitrogens with one attached hydrogen (secondary N) is 2. The highest BCUT2D eigenvalue weighted by atomic mass is 16.5. The van der Waals surface area contributed by atoms with Gasteiger partial charge < -0.3 is 20.3 Å². The Morgan fingerprint density at radius 3 is 2.25 bits per heavy atom. The molecule has 0 radical (unpaired) electrons. The van der Waals surface area contributed by atoms with Gasteiger partial charge in [0.1, 0.15) is 0 Å². The molecule has 1 aliphatic rings. The largest absolute Gasteiger partial charge is 0.376 e.